The van der Waals surface area contributed by atoms with Crippen molar-refractivity contribution in [2.75, 3.05) is 17.7 Å². The van der Waals surface area contributed by atoms with E-state index in [4.69, 9.17) is 15.7 Å². The molecule has 0 aliphatic heterocycles. The summed E-state index contributed by atoms with van der Waals surface area (Å²) in [6.45, 7) is 5.93. The normalized spacial score (nSPS) is 12.0. The van der Waals surface area contributed by atoms with Crippen LogP contribution in [0.1, 0.15) is 27.2 Å². The fourth-order valence-corrected chi connectivity index (χ4v) is 1.70. The van der Waals surface area contributed by atoms with Gasteiger partial charge in [-0.05, 0) is 32.9 Å². The van der Waals surface area contributed by atoms with E-state index in [2.05, 4.69) is 6.07 Å². The Kier molecular flexibility index (Phi) is 4.85. The van der Waals surface area contributed by atoms with E-state index in [0.29, 0.717) is 17.9 Å². The molecule has 1 atom stereocenters. The van der Waals surface area contributed by atoms with Crippen LogP contribution in [0.2, 0.25) is 0 Å². The summed E-state index contributed by atoms with van der Waals surface area (Å²) < 4.78 is 5.66. The Morgan fingerprint density at radius 3 is 2.61 bits per heavy atom. The van der Waals surface area contributed by atoms with Crippen LogP contribution in [-0.2, 0) is 0 Å². The molecule has 1 rings (SSSR count). The average molecular weight is 247 g/mol. The number of anilines is 2. The lowest BCUT2D eigenvalue weighted by atomic mass is 10.1. The zero-order valence-corrected chi connectivity index (χ0v) is 11.5. The van der Waals surface area contributed by atoms with Crippen molar-refractivity contribution < 1.29 is 4.74 Å². The molecule has 2 N–H and O–H groups in total. The maximum atomic E-state index is 8.74. The summed E-state index contributed by atoms with van der Waals surface area (Å²) in [5.74, 6) is 0.693. The summed E-state index contributed by atoms with van der Waals surface area (Å²) in [5, 5.41) is 8.74. The topological polar surface area (TPSA) is 62.3 Å². The van der Waals surface area contributed by atoms with Crippen LogP contribution in [0.4, 0.5) is 11.4 Å². The number of ether oxygens (including phenoxy) is 1. The van der Waals surface area contributed by atoms with Crippen LogP contribution < -0.4 is 15.4 Å². The lowest BCUT2D eigenvalue weighted by Crippen LogP contribution is -2.29. The molecule has 0 saturated heterocycles. The molecular formula is C14H21N3O. The Hall–Kier alpha value is -1.89. The van der Waals surface area contributed by atoms with Gasteiger partial charge in [-0.2, -0.15) is 5.26 Å². The predicted octanol–water partition coefficient (Wildman–Crippen LogP) is 2.79. The molecule has 1 aromatic carbocycles. The summed E-state index contributed by atoms with van der Waals surface area (Å²) >= 11 is 0. The van der Waals surface area contributed by atoms with Gasteiger partial charge in [0.15, 0.2) is 0 Å². The molecule has 0 heterocycles. The second kappa shape index (κ2) is 6.15. The van der Waals surface area contributed by atoms with E-state index in [0.717, 1.165) is 5.69 Å². The minimum absolute atomic E-state index is 0.0874. The molecule has 0 saturated carbocycles. The number of benzene rings is 1. The van der Waals surface area contributed by atoms with E-state index >= 15 is 0 Å². The van der Waals surface area contributed by atoms with Gasteiger partial charge in [0.05, 0.1) is 30.0 Å². The number of para-hydroxylation sites is 1. The summed E-state index contributed by atoms with van der Waals surface area (Å²) in [7, 11) is 1.94. The van der Waals surface area contributed by atoms with E-state index < -0.39 is 0 Å². The van der Waals surface area contributed by atoms with Crippen molar-refractivity contribution in [3.8, 4) is 11.8 Å². The molecule has 0 spiro atoms. The number of hydrogen-bond donors (Lipinski definition) is 1. The van der Waals surface area contributed by atoms with Crippen molar-refractivity contribution in [1.82, 2.24) is 0 Å². The van der Waals surface area contributed by atoms with Crippen molar-refractivity contribution in [2.24, 2.45) is 0 Å². The Balaban J connectivity index is 2.99. The highest BCUT2D eigenvalue weighted by Gasteiger charge is 2.15. The SMILES string of the molecule is CC(C)Oc1cccc(N(C)C(C)CC#N)c1N. The van der Waals surface area contributed by atoms with Crippen molar-refractivity contribution in [1.29, 1.82) is 5.26 Å². The van der Waals surface area contributed by atoms with Crippen molar-refractivity contribution in [3.63, 3.8) is 0 Å². The molecule has 18 heavy (non-hydrogen) atoms. The van der Waals surface area contributed by atoms with Crippen molar-refractivity contribution >= 4 is 11.4 Å². The van der Waals surface area contributed by atoms with E-state index in [1.165, 1.54) is 0 Å². The molecule has 98 valence electrons. The highest BCUT2D eigenvalue weighted by atomic mass is 16.5. The second-order valence-electron chi connectivity index (χ2n) is 4.68. The van der Waals surface area contributed by atoms with E-state index in [-0.39, 0.29) is 12.1 Å². The molecule has 0 aliphatic rings. The number of hydrogen-bond acceptors (Lipinski definition) is 4. The van der Waals surface area contributed by atoms with Crippen molar-refractivity contribution in [3.05, 3.63) is 18.2 Å². The highest BCUT2D eigenvalue weighted by Crippen LogP contribution is 2.33. The van der Waals surface area contributed by atoms with Gasteiger partial charge in [-0.15, -0.1) is 0 Å². The van der Waals surface area contributed by atoms with Gasteiger partial charge in [0, 0.05) is 13.1 Å². The van der Waals surface area contributed by atoms with Crippen molar-refractivity contribution in [2.45, 2.75) is 39.3 Å². The maximum Gasteiger partial charge on any atom is 0.144 e. The van der Waals surface area contributed by atoms with E-state index in [1.807, 2.05) is 50.9 Å². The number of nitriles is 1. The molecule has 4 heteroatoms. The summed E-state index contributed by atoms with van der Waals surface area (Å²) in [5.41, 5.74) is 7.64. The molecule has 1 unspecified atom stereocenters. The van der Waals surface area contributed by atoms with E-state index in [1.54, 1.807) is 0 Å². The molecule has 0 aliphatic carbocycles. The first-order chi connectivity index (χ1) is 8.47. The lowest BCUT2D eigenvalue weighted by Gasteiger charge is -2.27. The molecule has 0 aromatic heterocycles. The monoisotopic (exact) mass is 247 g/mol. The third kappa shape index (κ3) is 3.30. The predicted molar refractivity (Wildman–Crippen MR) is 74.7 cm³/mol. The van der Waals surface area contributed by atoms with Gasteiger partial charge >= 0.3 is 0 Å². The van der Waals surface area contributed by atoms with Gasteiger partial charge in [-0.25, -0.2) is 0 Å². The average Bonchev–Trinajstić information content (AvgIpc) is 2.31. The van der Waals surface area contributed by atoms with Crippen LogP contribution >= 0.6 is 0 Å². The number of nitrogens with two attached hydrogens (primary N) is 1. The number of rotatable bonds is 5. The number of nitrogen functional groups attached to an aromatic ring is 1. The summed E-state index contributed by atoms with van der Waals surface area (Å²) in [4.78, 5) is 2.01. The number of nitrogens with zero attached hydrogens (tertiary/aromatic N) is 2. The first-order valence-corrected chi connectivity index (χ1v) is 6.12. The van der Waals surface area contributed by atoms with Gasteiger partial charge in [0.2, 0.25) is 0 Å². The Morgan fingerprint density at radius 1 is 1.39 bits per heavy atom. The molecule has 0 radical (unpaired) electrons. The van der Waals surface area contributed by atoms with Gasteiger partial charge < -0.3 is 15.4 Å². The van der Waals surface area contributed by atoms with Crippen LogP contribution in [0.15, 0.2) is 18.2 Å². The second-order valence-corrected chi connectivity index (χ2v) is 4.68. The molecule has 4 nitrogen and oxygen atoms in total. The summed E-state index contributed by atoms with van der Waals surface area (Å²) in [6, 6.07) is 8.01. The Bertz CT molecular complexity index is 437. The first kappa shape index (κ1) is 14.2. The summed E-state index contributed by atoms with van der Waals surface area (Å²) in [6.07, 6.45) is 0.551. The fraction of sp³-hybridized carbons (Fsp3) is 0.500. The fourth-order valence-electron chi connectivity index (χ4n) is 1.70. The molecule has 0 amide bonds. The molecular weight excluding hydrogens is 226 g/mol. The third-order valence-electron chi connectivity index (χ3n) is 2.83. The first-order valence-electron chi connectivity index (χ1n) is 6.12. The van der Waals surface area contributed by atoms with Crippen LogP contribution in [-0.4, -0.2) is 19.2 Å². The Morgan fingerprint density at radius 2 is 2.06 bits per heavy atom. The zero-order valence-electron chi connectivity index (χ0n) is 11.5. The molecule has 0 fully saturated rings. The van der Waals surface area contributed by atoms with Gasteiger partial charge in [0.1, 0.15) is 5.75 Å². The van der Waals surface area contributed by atoms with Crippen LogP contribution in [0.5, 0.6) is 5.75 Å². The van der Waals surface area contributed by atoms with Gasteiger partial charge in [-0.1, -0.05) is 6.07 Å². The van der Waals surface area contributed by atoms with Gasteiger partial charge in [-0.3, -0.25) is 0 Å². The largest absolute Gasteiger partial charge is 0.489 e. The Labute approximate surface area is 109 Å². The quantitative estimate of drug-likeness (QED) is 0.813. The van der Waals surface area contributed by atoms with Crippen LogP contribution in [0.25, 0.3) is 0 Å². The minimum Gasteiger partial charge on any atom is -0.489 e. The molecule has 1 aromatic rings. The maximum absolute atomic E-state index is 8.74. The van der Waals surface area contributed by atoms with E-state index in [9.17, 15) is 0 Å². The molecule has 0 bridgehead atoms. The minimum atomic E-state index is 0.0874. The smallest absolute Gasteiger partial charge is 0.144 e. The highest BCUT2D eigenvalue weighted by molar-refractivity contribution is 5.74. The third-order valence-corrected chi connectivity index (χ3v) is 2.83. The van der Waals surface area contributed by atoms with Crippen LogP contribution in [0.3, 0.4) is 0 Å². The standard InChI is InChI=1S/C14H21N3O/c1-10(2)18-13-7-5-6-12(14(13)16)17(4)11(3)8-9-15/h5-7,10-11H,8,16H2,1-4H3. The lowest BCUT2D eigenvalue weighted by molar-refractivity contribution is 0.244. The van der Waals surface area contributed by atoms with Gasteiger partial charge in [0.25, 0.3) is 0 Å². The van der Waals surface area contributed by atoms with Crippen LogP contribution in [0, 0.1) is 11.3 Å². The zero-order chi connectivity index (χ0) is 13.7.